The zero-order valence-electron chi connectivity index (χ0n) is 20.8. The molecule has 1 spiro atoms. The molecule has 0 saturated heterocycles. The average molecular weight is 517 g/mol. The van der Waals surface area contributed by atoms with Crippen molar-refractivity contribution in [2.24, 2.45) is 0 Å². The standard InChI is InChI=1S/C30H23F3N2O3/c1-17-12-14-23(30(31,32)33)27(35(2)3)26(17)34-18-13-15-22-25(16-18)37-24-11-7-6-10-21(24)29(22)20-9-5-4-8-19(20)28(36)38-29/h4-16,34H,1-3H3. The van der Waals surface area contributed by atoms with Crippen LogP contribution in [0.3, 0.4) is 0 Å². The summed E-state index contributed by atoms with van der Waals surface area (Å²) < 4.78 is 53.9. The lowest BCUT2D eigenvalue weighted by atomic mass is 9.77. The van der Waals surface area contributed by atoms with Crippen LogP contribution in [-0.4, -0.2) is 20.1 Å². The van der Waals surface area contributed by atoms with Gasteiger partial charge in [0.25, 0.3) is 0 Å². The van der Waals surface area contributed by atoms with Crippen LogP contribution in [0.1, 0.15) is 38.2 Å². The van der Waals surface area contributed by atoms with E-state index < -0.39 is 23.3 Å². The Bertz CT molecular complexity index is 1610. The van der Waals surface area contributed by atoms with Gasteiger partial charge >= 0.3 is 12.1 Å². The van der Waals surface area contributed by atoms with Crippen LogP contribution in [0.25, 0.3) is 0 Å². The first-order valence-electron chi connectivity index (χ1n) is 12.0. The van der Waals surface area contributed by atoms with Gasteiger partial charge in [-0.05, 0) is 42.8 Å². The van der Waals surface area contributed by atoms with Crippen LogP contribution < -0.4 is 15.0 Å². The van der Waals surface area contributed by atoms with Crippen molar-refractivity contribution in [2.75, 3.05) is 24.3 Å². The number of carbonyl (C=O) groups excluding carboxylic acids is 1. The Morgan fingerprint density at radius 2 is 1.53 bits per heavy atom. The molecule has 1 N–H and O–H groups in total. The second-order valence-electron chi connectivity index (χ2n) is 9.60. The molecule has 6 rings (SSSR count). The summed E-state index contributed by atoms with van der Waals surface area (Å²) in [6.45, 7) is 1.75. The Hall–Kier alpha value is -4.46. The fourth-order valence-corrected chi connectivity index (χ4v) is 5.39. The zero-order valence-corrected chi connectivity index (χ0v) is 20.8. The number of benzene rings is 4. The summed E-state index contributed by atoms with van der Waals surface area (Å²) >= 11 is 0. The van der Waals surface area contributed by atoms with E-state index in [0.717, 1.165) is 6.07 Å². The predicted octanol–water partition coefficient (Wildman–Crippen LogP) is 7.39. The average Bonchev–Trinajstić information content (AvgIpc) is 3.17. The van der Waals surface area contributed by atoms with Gasteiger partial charge in [0.1, 0.15) is 11.5 Å². The number of fused-ring (bicyclic) bond motifs is 6. The van der Waals surface area contributed by atoms with Crippen molar-refractivity contribution in [1.82, 2.24) is 0 Å². The van der Waals surface area contributed by atoms with Gasteiger partial charge in [0.2, 0.25) is 0 Å². The highest BCUT2D eigenvalue weighted by Gasteiger charge is 2.53. The lowest BCUT2D eigenvalue weighted by Crippen LogP contribution is -2.32. The van der Waals surface area contributed by atoms with Gasteiger partial charge < -0.3 is 19.7 Å². The molecule has 0 aliphatic carbocycles. The highest BCUT2D eigenvalue weighted by Crippen LogP contribution is 2.56. The Labute approximate surface area is 217 Å². The molecule has 4 aromatic rings. The first kappa shape index (κ1) is 23.9. The molecule has 0 radical (unpaired) electrons. The summed E-state index contributed by atoms with van der Waals surface area (Å²) in [5.41, 5.74) is 2.17. The number of hydrogen-bond donors (Lipinski definition) is 1. The van der Waals surface area contributed by atoms with Crippen molar-refractivity contribution >= 4 is 23.0 Å². The molecular weight excluding hydrogens is 493 g/mol. The topological polar surface area (TPSA) is 50.8 Å². The summed E-state index contributed by atoms with van der Waals surface area (Å²) in [4.78, 5) is 14.4. The first-order valence-corrected chi connectivity index (χ1v) is 12.0. The Kier molecular flexibility index (Phi) is 5.21. The van der Waals surface area contributed by atoms with Crippen molar-refractivity contribution in [3.05, 3.63) is 112 Å². The molecule has 0 bridgehead atoms. The van der Waals surface area contributed by atoms with E-state index in [1.807, 2.05) is 30.3 Å². The minimum absolute atomic E-state index is 0.0385. The van der Waals surface area contributed by atoms with E-state index in [4.69, 9.17) is 9.47 Å². The number of esters is 1. The van der Waals surface area contributed by atoms with Gasteiger partial charge in [-0.25, -0.2) is 4.79 Å². The van der Waals surface area contributed by atoms with E-state index in [-0.39, 0.29) is 5.69 Å². The third-order valence-electron chi connectivity index (χ3n) is 7.03. The van der Waals surface area contributed by atoms with E-state index in [2.05, 4.69) is 5.32 Å². The lowest BCUT2D eigenvalue weighted by Gasteiger charge is -2.36. The number of alkyl halides is 3. The number of nitrogens with one attached hydrogen (secondary N) is 1. The monoisotopic (exact) mass is 516 g/mol. The van der Waals surface area contributed by atoms with E-state index in [9.17, 15) is 18.0 Å². The lowest BCUT2D eigenvalue weighted by molar-refractivity contribution is -0.137. The Balaban J connectivity index is 1.51. The number of carbonyl (C=O) groups is 1. The molecule has 192 valence electrons. The maximum Gasteiger partial charge on any atom is 0.418 e. The van der Waals surface area contributed by atoms with Gasteiger partial charge in [-0.2, -0.15) is 13.2 Å². The smallest absolute Gasteiger partial charge is 0.418 e. The minimum Gasteiger partial charge on any atom is -0.456 e. The summed E-state index contributed by atoms with van der Waals surface area (Å²) in [5, 5.41) is 3.19. The maximum atomic E-state index is 13.8. The molecule has 0 fully saturated rings. The maximum absolute atomic E-state index is 13.8. The van der Waals surface area contributed by atoms with Gasteiger partial charge in [-0.1, -0.05) is 42.5 Å². The van der Waals surface area contributed by atoms with Crippen molar-refractivity contribution in [1.29, 1.82) is 0 Å². The number of ether oxygens (including phenoxy) is 2. The molecule has 0 saturated carbocycles. The van der Waals surface area contributed by atoms with E-state index in [1.165, 1.54) is 11.0 Å². The number of hydrogen-bond acceptors (Lipinski definition) is 5. The number of rotatable bonds is 3. The van der Waals surface area contributed by atoms with Crippen LogP contribution in [0.4, 0.5) is 30.2 Å². The molecule has 38 heavy (non-hydrogen) atoms. The highest BCUT2D eigenvalue weighted by molar-refractivity contribution is 5.97. The number of anilines is 3. The Morgan fingerprint density at radius 3 is 2.26 bits per heavy atom. The number of para-hydroxylation sites is 1. The van der Waals surface area contributed by atoms with E-state index >= 15 is 0 Å². The number of nitrogens with zero attached hydrogens (tertiary/aromatic N) is 1. The molecule has 0 aromatic heterocycles. The number of aryl methyl sites for hydroxylation is 1. The van der Waals surface area contributed by atoms with Crippen molar-refractivity contribution < 1.29 is 27.4 Å². The van der Waals surface area contributed by atoms with Gasteiger partial charge in [0.15, 0.2) is 5.60 Å². The van der Waals surface area contributed by atoms with Crippen LogP contribution in [0.15, 0.2) is 78.9 Å². The van der Waals surface area contributed by atoms with Crippen LogP contribution in [-0.2, 0) is 16.5 Å². The summed E-state index contributed by atoms with van der Waals surface area (Å²) in [6, 6.07) is 22.4. The van der Waals surface area contributed by atoms with Gasteiger partial charge in [0, 0.05) is 42.5 Å². The molecule has 2 heterocycles. The predicted molar refractivity (Wildman–Crippen MR) is 138 cm³/mol. The minimum atomic E-state index is -4.52. The molecule has 5 nitrogen and oxygen atoms in total. The van der Waals surface area contributed by atoms with Gasteiger partial charge in [0.05, 0.1) is 22.5 Å². The largest absolute Gasteiger partial charge is 0.456 e. The molecular formula is C30H23F3N2O3. The zero-order chi connectivity index (χ0) is 26.8. The second kappa shape index (κ2) is 8.28. The van der Waals surface area contributed by atoms with Crippen LogP contribution in [0.2, 0.25) is 0 Å². The highest BCUT2D eigenvalue weighted by atomic mass is 19.4. The molecule has 4 aromatic carbocycles. The normalized spacial score (nSPS) is 17.3. The van der Waals surface area contributed by atoms with Crippen molar-refractivity contribution in [3.8, 4) is 11.5 Å². The fraction of sp³-hybridized carbons (Fsp3) is 0.167. The fourth-order valence-electron chi connectivity index (χ4n) is 5.39. The van der Waals surface area contributed by atoms with Crippen molar-refractivity contribution in [3.63, 3.8) is 0 Å². The summed E-state index contributed by atoms with van der Waals surface area (Å²) in [7, 11) is 3.16. The van der Waals surface area contributed by atoms with Crippen LogP contribution >= 0.6 is 0 Å². The molecule has 1 unspecified atom stereocenters. The molecule has 2 aliphatic heterocycles. The van der Waals surface area contributed by atoms with E-state index in [0.29, 0.717) is 50.7 Å². The molecule has 1 atom stereocenters. The van der Waals surface area contributed by atoms with E-state index in [1.54, 1.807) is 57.4 Å². The summed E-state index contributed by atoms with van der Waals surface area (Å²) in [5.74, 6) is 0.542. The second-order valence-corrected chi connectivity index (χ2v) is 9.60. The van der Waals surface area contributed by atoms with Crippen molar-refractivity contribution in [2.45, 2.75) is 18.7 Å². The van der Waals surface area contributed by atoms with Crippen LogP contribution in [0, 0.1) is 6.92 Å². The molecule has 8 heteroatoms. The quantitative estimate of drug-likeness (QED) is 0.288. The SMILES string of the molecule is Cc1ccc(C(F)(F)F)c(N(C)C)c1Nc1ccc2c(c1)Oc1ccccc1C21OC(=O)c2ccccc21. The third kappa shape index (κ3) is 3.44. The Morgan fingerprint density at radius 1 is 0.842 bits per heavy atom. The summed E-state index contributed by atoms with van der Waals surface area (Å²) in [6.07, 6.45) is -4.52. The molecule has 2 aliphatic rings. The van der Waals surface area contributed by atoms with Crippen LogP contribution in [0.5, 0.6) is 11.5 Å². The van der Waals surface area contributed by atoms with Gasteiger partial charge in [-0.15, -0.1) is 0 Å². The third-order valence-corrected chi connectivity index (χ3v) is 7.03. The first-order chi connectivity index (χ1) is 18.1. The molecule has 0 amide bonds. The van der Waals surface area contributed by atoms with Gasteiger partial charge in [-0.3, -0.25) is 0 Å². The number of halogens is 3.